The van der Waals surface area contributed by atoms with Crippen LogP contribution in [-0.4, -0.2) is 22.1 Å². The highest BCUT2D eigenvalue weighted by Gasteiger charge is 2.24. The molecule has 2 rings (SSSR count). The van der Waals surface area contributed by atoms with Gasteiger partial charge in [-0.2, -0.15) is 5.10 Å². The largest absolute Gasteiger partial charge is 0.396 e. The lowest BCUT2D eigenvalue weighted by Gasteiger charge is -2.11. The third kappa shape index (κ3) is 2.11. The zero-order valence-corrected chi connectivity index (χ0v) is 8.79. The first-order chi connectivity index (χ1) is 7.16. The second-order valence-electron chi connectivity index (χ2n) is 4.29. The van der Waals surface area contributed by atoms with Crippen molar-refractivity contribution in [1.29, 1.82) is 0 Å². The normalized spacial score (nSPS) is 25.4. The van der Waals surface area contributed by atoms with E-state index >= 15 is 0 Å². The molecule has 0 aliphatic heterocycles. The van der Waals surface area contributed by atoms with Crippen molar-refractivity contribution in [3.8, 4) is 0 Å². The number of aromatic nitrogens is 2. The van der Waals surface area contributed by atoms with Crippen LogP contribution in [0.1, 0.15) is 36.7 Å². The number of nitrogens with zero attached hydrogens (tertiary/aromatic N) is 1. The summed E-state index contributed by atoms with van der Waals surface area (Å²) in [5, 5.41) is 9.29. The smallest absolute Gasteiger partial charge is 0.271 e. The van der Waals surface area contributed by atoms with Gasteiger partial charge in [-0.3, -0.25) is 9.89 Å². The molecule has 1 amide bonds. The summed E-state index contributed by atoms with van der Waals surface area (Å²) in [7, 11) is 0. The van der Waals surface area contributed by atoms with Gasteiger partial charge in [0.1, 0.15) is 5.69 Å². The molecule has 1 aliphatic carbocycles. The van der Waals surface area contributed by atoms with Crippen molar-refractivity contribution < 1.29 is 4.79 Å². The van der Waals surface area contributed by atoms with E-state index in [1.54, 1.807) is 0 Å². The lowest BCUT2D eigenvalue weighted by molar-refractivity contribution is 0.0933. The number of amides is 1. The molecule has 2 unspecified atom stereocenters. The van der Waals surface area contributed by atoms with Gasteiger partial charge < -0.3 is 11.1 Å². The average molecular weight is 208 g/mol. The van der Waals surface area contributed by atoms with Crippen molar-refractivity contribution in [3.63, 3.8) is 0 Å². The number of hydrogen-bond donors (Lipinski definition) is 3. The summed E-state index contributed by atoms with van der Waals surface area (Å²) in [4.78, 5) is 11.7. The number of nitrogen functional groups attached to an aromatic ring is 1. The number of carbonyl (C=O) groups excluding carboxylic acids is 1. The van der Waals surface area contributed by atoms with Crippen LogP contribution in [0, 0.1) is 5.92 Å². The van der Waals surface area contributed by atoms with E-state index in [1.807, 2.05) is 0 Å². The minimum Gasteiger partial charge on any atom is -0.396 e. The first-order valence-corrected chi connectivity index (χ1v) is 5.26. The number of aromatic amines is 1. The molecular formula is C10H16N4O. The topological polar surface area (TPSA) is 83.8 Å². The van der Waals surface area contributed by atoms with E-state index in [0.717, 1.165) is 12.8 Å². The molecule has 1 fully saturated rings. The number of nitrogens with one attached hydrogen (secondary N) is 2. The van der Waals surface area contributed by atoms with E-state index < -0.39 is 0 Å². The van der Waals surface area contributed by atoms with Crippen LogP contribution in [0.5, 0.6) is 0 Å². The third-order valence-electron chi connectivity index (χ3n) is 2.93. The maximum atomic E-state index is 11.7. The minimum absolute atomic E-state index is 0.149. The molecule has 0 radical (unpaired) electrons. The molecule has 1 aromatic heterocycles. The number of nitrogens with two attached hydrogens (primary N) is 1. The summed E-state index contributed by atoms with van der Waals surface area (Å²) in [6, 6.07) is 0.287. The van der Waals surface area contributed by atoms with Crippen LogP contribution in [0.15, 0.2) is 6.20 Å². The van der Waals surface area contributed by atoms with Crippen LogP contribution in [-0.2, 0) is 0 Å². The van der Waals surface area contributed by atoms with E-state index in [9.17, 15) is 4.79 Å². The van der Waals surface area contributed by atoms with Gasteiger partial charge in [0.15, 0.2) is 0 Å². The van der Waals surface area contributed by atoms with Crippen molar-refractivity contribution in [2.45, 2.75) is 32.2 Å². The van der Waals surface area contributed by atoms with Crippen molar-refractivity contribution in [1.82, 2.24) is 15.5 Å². The minimum atomic E-state index is -0.149. The Kier molecular flexibility index (Phi) is 2.62. The van der Waals surface area contributed by atoms with Gasteiger partial charge in [-0.05, 0) is 25.2 Å². The van der Waals surface area contributed by atoms with Gasteiger partial charge in [-0.1, -0.05) is 6.92 Å². The first kappa shape index (κ1) is 10.0. The number of H-pyrrole nitrogens is 1. The molecule has 5 nitrogen and oxygen atoms in total. The SMILES string of the molecule is CC1CCC(NC(=O)c2[nH]ncc2N)C1. The quantitative estimate of drug-likeness (QED) is 0.675. The maximum Gasteiger partial charge on any atom is 0.271 e. The summed E-state index contributed by atoms with van der Waals surface area (Å²) >= 11 is 0. The fraction of sp³-hybridized carbons (Fsp3) is 0.600. The molecule has 1 aromatic rings. The standard InChI is InChI=1S/C10H16N4O/c1-6-2-3-7(4-6)13-10(15)9-8(11)5-12-14-9/h5-7H,2-4,11H2,1H3,(H,12,14)(H,13,15). The molecule has 1 aliphatic rings. The Morgan fingerprint density at radius 1 is 1.67 bits per heavy atom. The average Bonchev–Trinajstić information content (AvgIpc) is 2.75. The fourth-order valence-electron chi connectivity index (χ4n) is 2.07. The lowest BCUT2D eigenvalue weighted by atomic mass is 10.1. The zero-order chi connectivity index (χ0) is 10.8. The molecule has 15 heavy (non-hydrogen) atoms. The molecule has 5 heteroatoms. The van der Waals surface area contributed by atoms with Crippen LogP contribution >= 0.6 is 0 Å². The van der Waals surface area contributed by atoms with Crippen LogP contribution in [0.25, 0.3) is 0 Å². The fourth-order valence-corrected chi connectivity index (χ4v) is 2.07. The van der Waals surface area contributed by atoms with E-state index in [-0.39, 0.29) is 11.9 Å². The van der Waals surface area contributed by atoms with E-state index in [0.29, 0.717) is 17.3 Å². The Labute approximate surface area is 88.4 Å². The second kappa shape index (κ2) is 3.92. The third-order valence-corrected chi connectivity index (χ3v) is 2.93. The molecule has 82 valence electrons. The molecule has 0 aromatic carbocycles. The Morgan fingerprint density at radius 3 is 3.00 bits per heavy atom. The zero-order valence-electron chi connectivity index (χ0n) is 8.79. The van der Waals surface area contributed by atoms with Crippen molar-refractivity contribution in [2.75, 3.05) is 5.73 Å². The van der Waals surface area contributed by atoms with Crippen LogP contribution in [0.3, 0.4) is 0 Å². The number of hydrogen-bond acceptors (Lipinski definition) is 3. The van der Waals surface area contributed by atoms with Gasteiger partial charge in [0.25, 0.3) is 5.91 Å². The molecular weight excluding hydrogens is 192 g/mol. The van der Waals surface area contributed by atoms with Gasteiger partial charge in [0, 0.05) is 6.04 Å². The molecule has 0 spiro atoms. The highest BCUT2D eigenvalue weighted by Crippen LogP contribution is 2.24. The summed E-state index contributed by atoms with van der Waals surface area (Å²) < 4.78 is 0. The van der Waals surface area contributed by atoms with Crippen LogP contribution in [0.4, 0.5) is 5.69 Å². The monoisotopic (exact) mass is 208 g/mol. The second-order valence-corrected chi connectivity index (χ2v) is 4.29. The Morgan fingerprint density at radius 2 is 2.47 bits per heavy atom. The summed E-state index contributed by atoms with van der Waals surface area (Å²) in [5.41, 5.74) is 6.36. The van der Waals surface area contributed by atoms with E-state index in [4.69, 9.17) is 5.73 Å². The Hall–Kier alpha value is -1.52. The van der Waals surface area contributed by atoms with Gasteiger partial charge in [0.2, 0.25) is 0 Å². The van der Waals surface area contributed by atoms with Gasteiger partial charge >= 0.3 is 0 Å². The Balaban J connectivity index is 1.96. The highest BCUT2D eigenvalue weighted by molar-refractivity contribution is 5.97. The maximum absolute atomic E-state index is 11.7. The van der Waals surface area contributed by atoms with Crippen LogP contribution in [0.2, 0.25) is 0 Å². The van der Waals surface area contributed by atoms with Crippen molar-refractivity contribution >= 4 is 11.6 Å². The Bertz CT molecular complexity index is 360. The molecule has 1 heterocycles. The summed E-state index contributed by atoms with van der Waals surface area (Å²) in [6.45, 7) is 2.21. The summed E-state index contributed by atoms with van der Waals surface area (Å²) in [5.74, 6) is 0.554. The molecule has 4 N–H and O–H groups in total. The highest BCUT2D eigenvalue weighted by atomic mass is 16.2. The van der Waals surface area contributed by atoms with Gasteiger partial charge in [-0.15, -0.1) is 0 Å². The van der Waals surface area contributed by atoms with E-state index in [2.05, 4.69) is 22.4 Å². The number of anilines is 1. The predicted octanol–water partition coefficient (Wildman–Crippen LogP) is 0.910. The van der Waals surface area contributed by atoms with Crippen LogP contribution < -0.4 is 11.1 Å². The van der Waals surface area contributed by atoms with Gasteiger partial charge in [-0.25, -0.2) is 0 Å². The molecule has 2 atom stereocenters. The molecule has 0 saturated heterocycles. The van der Waals surface area contributed by atoms with E-state index in [1.165, 1.54) is 12.6 Å². The number of carbonyl (C=O) groups is 1. The van der Waals surface area contributed by atoms with Crippen molar-refractivity contribution in [3.05, 3.63) is 11.9 Å². The lowest BCUT2D eigenvalue weighted by Crippen LogP contribution is -2.33. The predicted molar refractivity (Wildman–Crippen MR) is 57.3 cm³/mol. The molecule has 0 bridgehead atoms. The number of rotatable bonds is 2. The first-order valence-electron chi connectivity index (χ1n) is 5.26. The van der Waals surface area contributed by atoms with Gasteiger partial charge in [0.05, 0.1) is 11.9 Å². The molecule has 1 saturated carbocycles. The van der Waals surface area contributed by atoms with Crippen molar-refractivity contribution in [2.24, 2.45) is 5.92 Å². The summed E-state index contributed by atoms with van der Waals surface area (Å²) in [6.07, 6.45) is 4.75.